The van der Waals surface area contributed by atoms with Crippen LogP contribution in [0.5, 0.6) is 0 Å². The Morgan fingerprint density at radius 1 is 1.43 bits per heavy atom. The van der Waals surface area contributed by atoms with Crippen molar-refractivity contribution in [2.45, 2.75) is 40.2 Å². The van der Waals surface area contributed by atoms with Crippen molar-refractivity contribution in [3.63, 3.8) is 0 Å². The second kappa shape index (κ2) is 6.71. The zero-order valence-corrected chi connectivity index (χ0v) is 10.0. The highest BCUT2D eigenvalue weighted by atomic mass is 35.5. The van der Waals surface area contributed by atoms with Gasteiger partial charge in [0, 0.05) is 19.3 Å². The molecule has 0 saturated carbocycles. The van der Waals surface area contributed by atoms with E-state index in [0.717, 1.165) is 18.8 Å². The number of anilines is 1. The summed E-state index contributed by atoms with van der Waals surface area (Å²) in [5, 5.41) is 7.75. The third-order valence-electron chi connectivity index (χ3n) is 2.12. The molecule has 0 atom stereocenters. The van der Waals surface area contributed by atoms with Gasteiger partial charge in [0.1, 0.15) is 0 Å². The van der Waals surface area contributed by atoms with Crippen molar-refractivity contribution in [2.75, 3.05) is 11.9 Å². The molecule has 1 aromatic heterocycles. The number of nitrogens with one attached hydrogen (secondary N) is 1. The summed E-state index contributed by atoms with van der Waals surface area (Å²) in [5.74, 6) is 0. The summed E-state index contributed by atoms with van der Waals surface area (Å²) in [5.41, 5.74) is 2.27. The monoisotopic (exact) mass is 217 g/mol. The van der Waals surface area contributed by atoms with Crippen molar-refractivity contribution < 1.29 is 0 Å². The fourth-order valence-corrected chi connectivity index (χ4v) is 1.25. The Kier molecular flexibility index (Phi) is 6.37. The second-order valence-electron chi connectivity index (χ2n) is 3.26. The summed E-state index contributed by atoms with van der Waals surface area (Å²) < 4.78 is 1.96. The number of aromatic nitrogens is 2. The standard InChI is InChI=1S/C10H19N3.ClH/c1-4-6-7-11-10-8-13(5-2)12-9(10)3;/h8,11H,4-7H2,1-3H3;1H. The smallest absolute Gasteiger partial charge is 0.0825 e. The van der Waals surface area contributed by atoms with Gasteiger partial charge < -0.3 is 5.32 Å². The van der Waals surface area contributed by atoms with E-state index in [1.807, 2.05) is 11.6 Å². The van der Waals surface area contributed by atoms with Crippen LogP contribution in [0.15, 0.2) is 6.20 Å². The van der Waals surface area contributed by atoms with Gasteiger partial charge in [-0.1, -0.05) is 13.3 Å². The molecule has 1 N–H and O–H groups in total. The number of nitrogens with zero attached hydrogens (tertiary/aromatic N) is 2. The van der Waals surface area contributed by atoms with E-state index in [2.05, 4.69) is 30.5 Å². The molecule has 1 aromatic rings. The lowest BCUT2D eigenvalue weighted by Crippen LogP contribution is -2.00. The molecule has 0 amide bonds. The maximum atomic E-state index is 4.36. The maximum Gasteiger partial charge on any atom is 0.0825 e. The number of halogens is 1. The first-order valence-electron chi connectivity index (χ1n) is 5.05. The van der Waals surface area contributed by atoms with Crippen molar-refractivity contribution >= 4 is 18.1 Å². The first kappa shape index (κ1) is 13.3. The topological polar surface area (TPSA) is 29.9 Å². The first-order valence-corrected chi connectivity index (χ1v) is 5.05. The van der Waals surface area contributed by atoms with Crippen LogP contribution in [0.3, 0.4) is 0 Å². The van der Waals surface area contributed by atoms with E-state index in [9.17, 15) is 0 Å². The van der Waals surface area contributed by atoms with Crippen molar-refractivity contribution in [1.82, 2.24) is 9.78 Å². The molecule has 0 unspecified atom stereocenters. The summed E-state index contributed by atoms with van der Waals surface area (Å²) in [6.07, 6.45) is 4.52. The highest BCUT2D eigenvalue weighted by Gasteiger charge is 2.01. The van der Waals surface area contributed by atoms with Crippen molar-refractivity contribution in [3.8, 4) is 0 Å². The van der Waals surface area contributed by atoms with Crippen LogP contribution in [0.25, 0.3) is 0 Å². The summed E-state index contributed by atoms with van der Waals surface area (Å²) in [4.78, 5) is 0. The van der Waals surface area contributed by atoms with Gasteiger partial charge in [0.25, 0.3) is 0 Å². The van der Waals surface area contributed by atoms with Crippen LogP contribution in [0.1, 0.15) is 32.4 Å². The molecule has 82 valence electrons. The molecule has 0 fully saturated rings. The molecule has 0 aromatic carbocycles. The van der Waals surface area contributed by atoms with E-state index in [1.165, 1.54) is 18.5 Å². The summed E-state index contributed by atoms with van der Waals surface area (Å²) in [6, 6.07) is 0. The molecule has 4 heteroatoms. The van der Waals surface area contributed by atoms with Crippen LogP contribution >= 0.6 is 12.4 Å². The Hall–Kier alpha value is -0.700. The maximum absolute atomic E-state index is 4.36. The Morgan fingerprint density at radius 3 is 2.64 bits per heavy atom. The van der Waals surface area contributed by atoms with Crippen LogP contribution in [-0.4, -0.2) is 16.3 Å². The number of rotatable bonds is 5. The molecule has 0 bridgehead atoms. The largest absolute Gasteiger partial charge is 0.382 e. The van der Waals surface area contributed by atoms with Gasteiger partial charge >= 0.3 is 0 Å². The zero-order chi connectivity index (χ0) is 9.68. The van der Waals surface area contributed by atoms with Gasteiger partial charge in [0.05, 0.1) is 11.4 Å². The van der Waals surface area contributed by atoms with Crippen LogP contribution in [0, 0.1) is 6.92 Å². The fourth-order valence-electron chi connectivity index (χ4n) is 1.25. The molecule has 0 saturated heterocycles. The minimum absolute atomic E-state index is 0. The molecule has 1 rings (SSSR count). The van der Waals surface area contributed by atoms with Gasteiger partial charge in [-0.3, -0.25) is 4.68 Å². The number of aryl methyl sites for hydroxylation is 2. The van der Waals surface area contributed by atoms with Crippen LogP contribution in [0.4, 0.5) is 5.69 Å². The normalized spacial score (nSPS) is 9.64. The van der Waals surface area contributed by atoms with Gasteiger partial charge in [0.15, 0.2) is 0 Å². The van der Waals surface area contributed by atoms with Crippen molar-refractivity contribution in [3.05, 3.63) is 11.9 Å². The van der Waals surface area contributed by atoms with E-state index in [-0.39, 0.29) is 12.4 Å². The molecule has 0 aliphatic carbocycles. The fraction of sp³-hybridized carbons (Fsp3) is 0.700. The Bertz CT molecular complexity index is 258. The lowest BCUT2D eigenvalue weighted by atomic mass is 10.3. The number of unbranched alkanes of at least 4 members (excludes halogenated alkanes) is 1. The summed E-state index contributed by atoms with van der Waals surface area (Å²) in [6.45, 7) is 8.33. The second-order valence-corrected chi connectivity index (χ2v) is 3.26. The minimum Gasteiger partial charge on any atom is -0.382 e. The van der Waals surface area contributed by atoms with Gasteiger partial charge in [0.2, 0.25) is 0 Å². The number of hydrogen-bond acceptors (Lipinski definition) is 2. The molecule has 14 heavy (non-hydrogen) atoms. The molecule has 1 heterocycles. The highest BCUT2D eigenvalue weighted by Crippen LogP contribution is 2.11. The molecular weight excluding hydrogens is 198 g/mol. The molecule has 0 spiro atoms. The SMILES string of the molecule is CCCCNc1cn(CC)nc1C.Cl. The van der Waals surface area contributed by atoms with E-state index >= 15 is 0 Å². The van der Waals surface area contributed by atoms with Gasteiger partial charge in [-0.25, -0.2) is 0 Å². The molecule has 0 aliphatic rings. The predicted octanol–water partition coefficient (Wildman–Crippen LogP) is 2.85. The summed E-state index contributed by atoms with van der Waals surface area (Å²) >= 11 is 0. The Labute approximate surface area is 92.3 Å². The van der Waals surface area contributed by atoms with Crippen molar-refractivity contribution in [2.24, 2.45) is 0 Å². The Morgan fingerprint density at radius 2 is 2.14 bits per heavy atom. The first-order chi connectivity index (χ1) is 6.27. The number of hydrogen-bond donors (Lipinski definition) is 1. The zero-order valence-electron chi connectivity index (χ0n) is 9.21. The Balaban J connectivity index is 0.00000169. The molecule has 0 aliphatic heterocycles. The van der Waals surface area contributed by atoms with E-state index in [0.29, 0.717) is 0 Å². The van der Waals surface area contributed by atoms with E-state index < -0.39 is 0 Å². The van der Waals surface area contributed by atoms with Gasteiger partial charge in [-0.15, -0.1) is 12.4 Å². The van der Waals surface area contributed by atoms with Gasteiger partial charge in [-0.05, 0) is 20.3 Å². The third kappa shape index (κ3) is 3.58. The van der Waals surface area contributed by atoms with Crippen LogP contribution in [0.2, 0.25) is 0 Å². The third-order valence-corrected chi connectivity index (χ3v) is 2.12. The van der Waals surface area contributed by atoms with Crippen LogP contribution in [-0.2, 0) is 6.54 Å². The molecule has 3 nitrogen and oxygen atoms in total. The lowest BCUT2D eigenvalue weighted by molar-refractivity contribution is 0.653. The van der Waals surface area contributed by atoms with E-state index in [4.69, 9.17) is 0 Å². The highest BCUT2D eigenvalue weighted by molar-refractivity contribution is 5.85. The minimum atomic E-state index is 0. The van der Waals surface area contributed by atoms with Gasteiger partial charge in [-0.2, -0.15) is 5.10 Å². The average molecular weight is 218 g/mol. The predicted molar refractivity (Wildman–Crippen MR) is 63.3 cm³/mol. The van der Waals surface area contributed by atoms with Crippen LogP contribution < -0.4 is 5.32 Å². The molecule has 0 radical (unpaired) electrons. The average Bonchev–Trinajstić information content (AvgIpc) is 2.48. The lowest BCUT2D eigenvalue weighted by Gasteiger charge is -2.01. The summed E-state index contributed by atoms with van der Waals surface area (Å²) in [7, 11) is 0. The van der Waals surface area contributed by atoms with Crippen molar-refractivity contribution in [1.29, 1.82) is 0 Å². The molecular formula is C10H20ClN3. The quantitative estimate of drug-likeness (QED) is 0.769. The van der Waals surface area contributed by atoms with E-state index in [1.54, 1.807) is 0 Å².